The second kappa shape index (κ2) is 11.7. The number of carbonyl (C=O) groups excluding carboxylic acids is 1. The van der Waals surface area contributed by atoms with Crippen molar-refractivity contribution < 1.29 is 28.5 Å². The molecule has 1 aromatic carbocycles. The summed E-state index contributed by atoms with van der Waals surface area (Å²) in [5.41, 5.74) is 1.60. The van der Waals surface area contributed by atoms with Crippen LogP contribution in [0.1, 0.15) is 31.2 Å². The van der Waals surface area contributed by atoms with Crippen LogP contribution in [0.4, 0.5) is 0 Å². The molecule has 0 spiro atoms. The number of hydrogen-bond donors (Lipinski definition) is 0. The SMILES string of the molecule is COC(=O)/C(=C\COC1CCCCO1)CCOCc1ccc(OC)cc1. The lowest BCUT2D eigenvalue weighted by Crippen LogP contribution is -2.22. The standard InChI is InChI=1S/C20H28O6/c1-22-18-8-6-16(7-9-18)15-24-13-10-17(20(21)23-2)11-14-26-19-5-3-4-12-25-19/h6-9,11,19H,3-5,10,12-15H2,1-2H3/b17-11-. The highest BCUT2D eigenvalue weighted by molar-refractivity contribution is 5.88. The minimum atomic E-state index is -0.355. The van der Waals surface area contributed by atoms with E-state index in [-0.39, 0.29) is 12.3 Å². The Balaban J connectivity index is 1.73. The van der Waals surface area contributed by atoms with Gasteiger partial charge in [-0.1, -0.05) is 12.1 Å². The molecule has 0 N–H and O–H groups in total. The topological polar surface area (TPSA) is 63.2 Å². The second-order valence-corrected chi connectivity index (χ2v) is 6.00. The highest BCUT2D eigenvalue weighted by Crippen LogP contribution is 2.15. The molecule has 0 aromatic heterocycles. The third-order valence-electron chi connectivity index (χ3n) is 4.14. The van der Waals surface area contributed by atoms with E-state index in [4.69, 9.17) is 23.7 Å². The Hall–Kier alpha value is -1.89. The molecular weight excluding hydrogens is 336 g/mol. The molecule has 1 fully saturated rings. The van der Waals surface area contributed by atoms with Gasteiger partial charge in [-0.2, -0.15) is 0 Å². The van der Waals surface area contributed by atoms with Gasteiger partial charge in [0.25, 0.3) is 0 Å². The van der Waals surface area contributed by atoms with Crippen molar-refractivity contribution >= 4 is 5.97 Å². The third-order valence-corrected chi connectivity index (χ3v) is 4.14. The molecule has 2 rings (SSSR count). The Bertz CT molecular complexity index is 560. The number of carbonyl (C=O) groups is 1. The van der Waals surface area contributed by atoms with Crippen LogP contribution in [0.15, 0.2) is 35.9 Å². The monoisotopic (exact) mass is 364 g/mol. The molecule has 0 aliphatic carbocycles. The van der Waals surface area contributed by atoms with Gasteiger partial charge in [-0.3, -0.25) is 0 Å². The van der Waals surface area contributed by atoms with E-state index in [2.05, 4.69) is 0 Å². The Labute approximate surface area is 155 Å². The maximum absolute atomic E-state index is 11.9. The fourth-order valence-electron chi connectivity index (χ4n) is 2.61. The van der Waals surface area contributed by atoms with Gasteiger partial charge in [-0.05, 0) is 43.0 Å². The Kier molecular flexibility index (Phi) is 9.17. The van der Waals surface area contributed by atoms with Crippen LogP contribution in [-0.4, -0.2) is 46.3 Å². The molecule has 0 bridgehead atoms. The molecule has 1 aromatic rings. The smallest absolute Gasteiger partial charge is 0.333 e. The van der Waals surface area contributed by atoms with Crippen molar-refractivity contribution in [2.24, 2.45) is 0 Å². The largest absolute Gasteiger partial charge is 0.497 e. The van der Waals surface area contributed by atoms with Crippen molar-refractivity contribution in [1.29, 1.82) is 0 Å². The number of rotatable bonds is 10. The highest BCUT2D eigenvalue weighted by atomic mass is 16.7. The molecule has 1 saturated heterocycles. The van der Waals surface area contributed by atoms with E-state index >= 15 is 0 Å². The zero-order valence-electron chi connectivity index (χ0n) is 15.6. The van der Waals surface area contributed by atoms with Crippen LogP contribution in [0.2, 0.25) is 0 Å². The zero-order chi connectivity index (χ0) is 18.6. The first-order valence-corrected chi connectivity index (χ1v) is 8.94. The summed E-state index contributed by atoms with van der Waals surface area (Å²) in [5, 5.41) is 0. The minimum absolute atomic E-state index is 0.176. The maximum atomic E-state index is 11.9. The number of hydrogen-bond acceptors (Lipinski definition) is 6. The van der Waals surface area contributed by atoms with Gasteiger partial charge in [-0.15, -0.1) is 0 Å². The van der Waals surface area contributed by atoms with Crippen LogP contribution < -0.4 is 4.74 Å². The molecule has 0 amide bonds. The third kappa shape index (κ3) is 7.15. The quantitative estimate of drug-likeness (QED) is 0.361. The number of methoxy groups -OCH3 is 2. The molecule has 1 atom stereocenters. The lowest BCUT2D eigenvalue weighted by Gasteiger charge is -2.22. The van der Waals surface area contributed by atoms with E-state index in [0.29, 0.717) is 31.8 Å². The fourth-order valence-corrected chi connectivity index (χ4v) is 2.61. The average molecular weight is 364 g/mol. The van der Waals surface area contributed by atoms with Gasteiger partial charge in [0.15, 0.2) is 6.29 Å². The van der Waals surface area contributed by atoms with Crippen LogP contribution in [0.5, 0.6) is 5.75 Å². The number of benzene rings is 1. The molecule has 1 heterocycles. The summed E-state index contributed by atoms with van der Waals surface area (Å²) in [6, 6.07) is 7.69. The highest BCUT2D eigenvalue weighted by Gasteiger charge is 2.14. The van der Waals surface area contributed by atoms with E-state index in [0.717, 1.165) is 37.2 Å². The van der Waals surface area contributed by atoms with Gasteiger partial charge >= 0.3 is 5.97 Å². The summed E-state index contributed by atoms with van der Waals surface area (Å²) < 4.78 is 26.8. The molecule has 26 heavy (non-hydrogen) atoms. The molecule has 144 valence electrons. The summed E-state index contributed by atoms with van der Waals surface area (Å²) in [4.78, 5) is 11.9. The van der Waals surface area contributed by atoms with E-state index in [1.807, 2.05) is 24.3 Å². The van der Waals surface area contributed by atoms with Crippen LogP contribution in [0.25, 0.3) is 0 Å². The first-order valence-electron chi connectivity index (χ1n) is 8.94. The van der Waals surface area contributed by atoms with Crippen LogP contribution in [-0.2, 0) is 30.3 Å². The molecule has 1 unspecified atom stereocenters. The first kappa shape index (κ1) is 20.4. The van der Waals surface area contributed by atoms with Gasteiger partial charge in [0.05, 0.1) is 34.0 Å². The van der Waals surface area contributed by atoms with Gasteiger partial charge < -0.3 is 23.7 Å². The lowest BCUT2D eigenvalue weighted by atomic mass is 10.2. The summed E-state index contributed by atoms with van der Waals surface area (Å²) >= 11 is 0. The lowest BCUT2D eigenvalue weighted by molar-refractivity contribution is -0.155. The Morgan fingerprint density at radius 3 is 2.69 bits per heavy atom. The first-order chi connectivity index (χ1) is 12.7. The van der Waals surface area contributed by atoms with Crippen LogP contribution >= 0.6 is 0 Å². The molecule has 1 aliphatic heterocycles. The Morgan fingerprint density at radius 1 is 1.23 bits per heavy atom. The van der Waals surface area contributed by atoms with Gasteiger partial charge in [-0.25, -0.2) is 4.79 Å². The van der Waals surface area contributed by atoms with Crippen molar-refractivity contribution in [3.8, 4) is 5.75 Å². The minimum Gasteiger partial charge on any atom is -0.497 e. The van der Waals surface area contributed by atoms with E-state index in [1.165, 1.54) is 7.11 Å². The van der Waals surface area contributed by atoms with Crippen molar-refractivity contribution in [1.82, 2.24) is 0 Å². The van der Waals surface area contributed by atoms with Crippen LogP contribution in [0, 0.1) is 0 Å². The molecule has 6 heteroatoms. The summed E-state index contributed by atoms with van der Waals surface area (Å²) in [6.07, 6.45) is 5.13. The van der Waals surface area contributed by atoms with Gasteiger partial charge in [0.2, 0.25) is 0 Å². The molecule has 1 aliphatic rings. The van der Waals surface area contributed by atoms with Crippen molar-refractivity contribution in [2.45, 2.75) is 38.6 Å². The fraction of sp³-hybridized carbons (Fsp3) is 0.550. The zero-order valence-corrected chi connectivity index (χ0v) is 15.6. The van der Waals surface area contributed by atoms with E-state index in [1.54, 1.807) is 13.2 Å². The summed E-state index contributed by atoms with van der Waals surface area (Å²) in [6.45, 7) is 1.96. The molecule has 0 radical (unpaired) electrons. The molecule has 0 saturated carbocycles. The van der Waals surface area contributed by atoms with E-state index in [9.17, 15) is 4.79 Å². The predicted octanol–water partition coefficient (Wildman–Crippen LogP) is 3.24. The predicted molar refractivity (Wildman–Crippen MR) is 96.9 cm³/mol. The second-order valence-electron chi connectivity index (χ2n) is 6.00. The molecular formula is C20H28O6. The van der Waals surface area contributed by atoms with Crippen molar-refractivity contribution in [3.63, 3.8) is 0 Å². The van der Waals surface area contributed by atoms with Gasteiger partial charge in [0.1, 0.15) is 5.75 Å². The van der Waals surface area contributed by atoms with Crippen molar-refractivity contribution in [2.75, 3.05) is 34.0 Å². The van der Waals surface area contributed by atoms with Crippen molar-refractivity contribution in [3.05, 3.63) is 41.5 Å². The summed E-state index contributed by atoms with van der Waals surface area (Å²) in [7, 11) is 3.01. The number of ether oxygens (including phenoxy) is 5. The Morgan fingerprint density at radius 2 is 2.04 bits per heavy atom. The van der Waals surface area contributed by atoms with Gasteiger partial charge in [0, 0.05) is 18.6 Å². The normalized spacial score (nSPS) is 17.8. The number of esters is 1. The van der Waals surface area contributed by atoms with Crippen LogP contribution in [0.3, 0.4) is 0 Å². The average Bonchev–Trinajstić information content (AvgIpc) is 2.70. The van der Waals surface area contributed by atoms with E-state index < -0.39 is 0 Å². The molecule has 6 nitrogen and oxygen atoms in total. The summed E-state index contributed by atoms with van der Waals surface area (Å²) in [5.74, 6) is 0.456. The maximum Gasteiger partial charge on any atom is 0.333 e.